The molecule has 0 saturated carbocycles. The molecule has 0 bridgehead atoms. The summed E-state index contributed by atoms with van der Waals surface area (Å²) in [5.74, 6) is -0.225. The van der Waals surface area contributed by atoms with Crippen LogP contribution in [0.4, 0.5) is 0 Å². The number of hydrogen-bond acceptors (Lipinski definition) is 3. The first-order chi connectivity index (χ1) is 7.65. The number of rotatable bonds is 5. The van der Waals surface area contributed by atoms with E-state index in [1.165, 1.54) is 0 Å². The quantitative estimate of drug-likeness (QED) is 0.682. The first kappa shape index (κ1) is 12.7. The Kier molecular flexibility index (Phi) is 4.95. The Hall–Kier alpha value is -1.39. The molecule has 0 aromatic heterocycles. The Labute approximate surface area is 95.5 Å². The van der Waals surface area contributed by atoms with E-state index in [0.717, 1.165) is 5.56 Å². The first-order valence-electron chi connectivity index (χ1n) is 5.41. The Morgan fingerprint density at radius 2 is 2.06 bits per heavy atom. The van der Waals surface area contributed by atoms with Gasteiger partial charge < -0.3 is 16.2 Å². The molecule has 88 valence electrons. The second-order valence-corrected chi connectivity index (χ2v) is 3.69. The lowest BCUT2D eigenvalue weighted by Crippen LogP contribution is -2.41. The standard InChI is InChI=1S/C12H18N2O2/c1-2-10(13)12(16)14-8-11(15)9-6-4-3-5-7-9/h3-7,10-11,15H,2,8,13H2,1H3,(H,14,16). The normalized spacial score (nSPS) is 14.2. The predicted molar refractivity (Wildman–Crippen MR) is 62.7 cm³/mol. The van der Waals surface area contributed by atoms with Crippen molar-refractivity contribution in [3.63, 3.8) is 0 Å². The van der Waals surface area contributed by atoms with Crippen molar-refractivity contribution < 1.29 is 9.90 Å². The Morgan fingerprint density at radius 1 is 1.44 bits per heavy atom. The van der Waals surface area contributed by atoms with Crippen LogP contribution in [-0.4, -0.2) is 23.6 Å². The summed E-state index contributed by atoms with van der Waals surface area (Å²) in [6, 6.07) is 8.70. The molecule has 1 rings (SSSR count). The van der Waals surface area contributed by atoms with Crippen LogP contribution < -0.4 is 11.1 Å². The number of carbonyl (C=O) groups excluding carboxylic acids is 1. The Morgan fingerprint density at radius 3 is 2.62 bits per heavy atom. The molecule has 4 N–H and O–H groups in total. The molecule has 1 amide bonds. The maximum Gasteiger partial charge on any atom is 0.237 e. The monoisotopic (exact) mass is 222 g/mol. The van der Waals surface area contributed by atoms with Crippen LogP contribution in [0, 0.1) is 0 Å². The van der Waals surface area contributed by atoms with Gasteiger partial charge in [0.05, 0.1) is 12.1 Å². The van der Waals surface area contributed by atoms with Gasteiger partial charge in [0.2, 0.25) is 5.91 Å². The zero-order valence-corrected chi connectivity index (χ0v) is 9.39. The van der Waals surface area contributed by atoms with Gasteiger partial charge in [-0.15, -0.1) is 0 Å². The van der Waals surface area contributed by atoms with Crippen LogP contribution in [0.5, 0.6) is 0 Å². The molecule has 0 spiro atoms. The molecule has 0 fully saturated rings. The molecule has 4 heteroatoms. The van der Waals surface area contributed by atoms with Gasteiger partial charge in [-0.1, -0.05) is 37.3 Å². The van der Waals surface area contributed by atoms with Crippen molar-refractivity contribution in [2.45, 2.75) is 25.5 Å². The highest BCUT2D eigenvalue weighted by Crippen LogP contribution is 2.10. The average Bonchev–Trinajstić information content (AvgIpc) is 2.35. The highest BCUT2D eigenvalue weighted by molar-refractivity contribution is 5.81. The molecule has 4 nitrogen and oxygen atoms in total. The van der Waals surface area contributed by atoms with Crippen LogP contribution in [0.1, 0.15) is 25.0 Å². The molecule has 1 aromatic carbocycles. The van der Waals surface area contributed by atoms with Gasteiger partial charge in [0.25, 0.3) is 0 Å². The van der Waals surface area contributed by atoms with E-state index in [1.54, 1.807) is 0 Å². The number of carbonyl (C=O) groups is 1. The van der Waals surface area contributed by atoms with Crippen molar-refractivity contribution in [2.24, 2.45) is 5.73 Å². The van der Waals surface area contributed by atoms with Crippen molar-refractivity contribution >= 4 is 5.91 Å². The molecule has 1 aromatic rings. The molecule has 0 aliphatic heterocycles. The van der Waals surface area contributed by atoms with E-state index in [4.69, 9.17) is 5.73 Å². The van der Waals surface area contributed by atoms with E-state index in [9.17, 15) is 9.90 Å². The SMILES string of the molecule is CCC(N)C(=O)NCC(O)c1ccccc1. The largest absolute Gasteiger partial charge is 0.387 e. The maximum absolute atomic E-state index is 11.4. The second-order valence-electron chi connectivity index (χ2n) is 3.69. The fourth-order valence-corrected chi connectivity index (χ4v) is 1.31. The molecule has 0 heterocycles. The summed E-state index contributed by atoms with van der Waals surface area (Å²) in [6.07, 6.45) is -0.0954. The lowest BCUT2D eigenvalue weighted by atomic mass is 10.1. The number of amides is 1. The number of hydrogen-bond donors (Lipinski definition) is 3. The molecule has 0 radical (unpaired) electrons. The number of nitrogens with one attached hydrogen (secondary N) is 1. The van der Waals surface area contributed by atoms with Gasteiger partial charge in [0, 0.05) is 6.54 Å². The fraction of sp³-hybridized carbons (Fsp3) is 0.417. The smallest absolute Gasteiger partial charge is 0.237 e. The summed E-state index contributed by atoms with van der Waals surface area (Å²) in [6.45, 7) is 2.04. The van der Waals surface area contributed by atoms with Gasteiger partial charge in [-0.25, -0.2) is 0 Å². The summed E-state index contributed by atoms with van der Waals surface area (Å²) in [5.41, 5.74) is 6.33. The van der Waals surface area contributed by atoms with Crippen LogP contribution in [0.2, 0.25) is 0 Å². The lowest BCUT2D eigenvalue weighted by Gasteiger charge is -2.14. The van der Waals surface area contributed by atoms with Gasteiger partial charge in [-0.3, -0.25) is 4.79 Å². The van der Waals surface area contributed by atoms with Crippen LogP contribution in [0.3, 0.4) is 0 Å². The molecule has 0 aliphatic rings. The third kappa shape index (κ3) is 3.64. The zero-order chi connectivity index (χ0) is 12.0. The van der Waals surface area contributed by atoms with Gasteiger partial charge in [0.1, 0.15) is 0 Å². The topological polar surface area (TPSA) is 75.4 Å². The molecule has 2 atom stereocenters. The van der Waals surface area contributed by atoms with Crippen LogP contribution >= 0.6 is 0 Å². The summed E-state index contributed by atoms with van der Waals surface area (Å²) in [5, 5.41) is 12.4. The van der Waals surface area contributed by atoms with Gasteiger partial charge >= 0.3 is 0 Å². The lowest BCUT2D eigenvalue weighted by molar-refractivity contribution is -0.122. The minimum absolute atomic E-state index is 0.191. The van der Waals surface area contributed by atoms with Crippen LogP contribution in [0.15, 0.2) is 30.3 Å². The second kappa shape index (κ2) is 6.25. The van der Waals surface area contributed by atoms with E-state index in [2.05, 4.69) is 5.32 Å². The summed E-state index contributed by atoms with van der Waals surface area (Å²) in [4.78, 5) is 11.4. The van der Waals surface area contributed by atoms with Gasteiger partial charge in [-0.2, -0.15) is 0 Å². The van der Waals surface area contributed by atoms with Crippen molar-refractivity contribution in [3.05, 3.63) is 35.9 Å². The number of aliphatic hydroxyl groups is 1. The predicted octanol–water partition coefficient (Wildman–Crippen LogP) is 0.573. The highest BCUT2D eigenvalue weighted by Gasteiger charge is 2.13. The maximum atomic E-state index is 11.4. The molecule has 0 saturated heterocycles. The van der Waals surface area contributed by atoms with Gasteiger partial charge in [0.15, 0.2) is 0 Å². The zero-order valence-electron chi connectivity index (χ0n) is 9.39. The number of nitrogens with two attached hydrogens (primary N) is 1. The third-order valence-corrected chi connectivity index (χ3v) is 2.43. The fourth-order valence-electron chi connectivity index (χ4n) is 1.31. The van der Waals surface area contributed by atoms with E-state index < -0.39 is 12.1 Å². The van der Waals surface area contributed by atoms with Crippen molar-refractivity contribution in [1.29, 1.82) is 0 Å². The van der Waals surface area contributed by atoms with Crippen LogP contribution in [0.25, 0.3) is 0 Å². The third-order valence-electron chi connectivity index (χ3n) is 2.43. The number of benzene rings is 1. The van der Waals surface area contributed by atoms with Crippen molar-refractivity contribution in [1.82, 2.24) is 5.32 Å². The average molecular weight is 222 g/mol. The van der Waals surface area contributed by atoms with Crippen molar-refractivity contribution in [3.8, 4) is 0 Å². The highest BCUT2D eigenvalue weighted by atomic mass is 16.3. The molecular formula is C12H18N2O2. The van der Waals surface area contributed by atoms with Crippen molar-refractivity contribution in [2.75, 3.05) is 6.54 Å². The minimum Gasteiger partial charge on any atom is -0.387 e. The molecular weight excluding hydrogens is 204 g/mol. The Balaban J connectivity index is 2.42. The van der Waals surface area contributed by atoms with Gasteiger partial charge in [-0.05, 0) is 12.0 Å². The molecule has 16 heavy (non-hydrogen) atoms. The molecule has 2 unspecified atom stereocenters. The molecule has 0 aliphatic carbocycles. The minimum atomic E-state index is -0.686. The van der Waals surface area contributed by atoms with E-state index in [-0.39, 0.29) is 12.5 Å². The van der Waals surface area contributed by atoms with Crippen LogP contribution in [-0.2, 0) is 4.79 Å². The first-order valence-corrected chi connectivity index (χ1v) is 5.41. The summed E-state index contributed by atoms with van der Waals surface area (Å²) in [7, 11) is 0. The summed E-state index contributed by atoms with van der Waals surface area (Å²) >= 11 is 0. The van der Waals surface area contributed by atoms with E-state index in [1.807, 2.05) is 37.3 Å². The van der Waals surface area contributed by atoms with E-state index >= 15 is 0 Å². The number of aliphatic hydroxyl groups excluding tert-OH is 1. The van der Waals surface area contributed by atoms with E-state index in [0.29, 0.717) is 6.42 Å². The summed E-state index contributed by atoms with van der Waals surface area (Å²) < 4.78 is 0. The Bertz CT molecular complexity index is 327.